The number of carbonyl (C=O) groups excluding carboxylic acids is 1. The number of carbonyl (C=O) groups is 1. The third-order valence-electron chi connectivity index (χ3n) is 4.49. The summed E-state index contributed by atoms with van der Waals surface area (Å²) in [4.78, 5) is 12.5. The van der Waals surface area contributed by atoms with Crippen LogP contribution in [0.4, 0.5) is 17.6 Å². The second kappa shape index (κ2) is 9.75. The summed E-state index contributed by atoms with van der Waals surface area (Å²) in [5, 5.41) is 5.99. The maximum atomic E-state index is 13.6. The summed E-state index contributed by atoms with van der Waals surface area (Å²) in [6.45, 7) is -1.86. The van der Waals surface area contributed by atoms with Crippen LogP contribution in [0.25, 0.3) is 0 Å². The molecular formula is C19H19ClF4N2O2. The summed E-state index contributed by atoms with van der Waals surface area (Å²) in [7, 11) is 0. The van der Waals surface area contributed by atoms with E-state index < -0.39 is 24.2 Å². The third-order valence-corrected chi connectivity index (χ3v) is 4.49. The number of halogens is 5. The molecule has 0 radical (unpaired) electrons. The lowest BCUT2D eigenvalue weighted by Gasteiger charge is -2.33. The Hall–Kier alpha value is -2.32. The van der Waals surface area contributed by atoms with Gasteiger partial charge in [-0.3, -0.25) is 4.79 Å². The predicted molar refractivity (Wildman–Crippen MR) is 98.2 cm³/mol. The minimum Gasteiger partial charge on any atom is -0.435 e. The van der Waals surface area contributed by atoms with Gasteiger partial charge in [0.05, 0.1) is 0 Å². The van der Waals surface area contributed by atoms with Gasteiger partial charge >= 0.3 is 6.61 Å². The average Bonchev–Trinajstić information content (AvgIpc) is 2.64. The van der Waals surface area contributed by atoms with Gasteiger partial charge in [-0.15, -0.1) is 12.4 Å². The van der Waals surface area contributed by atoms with E-state index in [0.29, 0.717) is 25.1 Å². The first kappa shape index (κ1) is 22.0. The van der Waals surface area contributed by atoms with E-state index in [-0.39, 0.29) is 35.7 Å². The van der Waals surface area contributed by atoms with Crippen molar-refractivity contribution in [3.05, 3.63) is 65.2 Å². The van der Waals surface area contributed by atoms with Crippen LogP contribution in [0, 0.1) is 11.6 Å². The SMILES string of the molecule is Cl.O=C(NC1CNCCC1c1ccc(F)c(F)c1)c1cccc(OC(F)F)c1. The van der Waals surface area contributed by atoms with E-state index >= 15 is 0 Å². The first-order chi connectivity index (χ1) is 12.9. The molecule has 1 amide bonds. The highest BCUT2D eigenvalue weighted by molar-refractivity contribution is 5.94. The molecule has 4 nitrogen and oxygen atoms in total. The number of benzene rings is 2. The van der Waals surface area contributed by atoms with Crippen LogP contribution in [0.5, 0.6) is 5.75 Å². The smallest absolute Gasteiger partial charge is 0.387 e. The molecule has 2 atom stereocenters. The fraction of sp³-hybridized carbons (Fsp3) is 0.316. The van der Waals surface area contributed by atoms with Crippen LogP contribution in [0.3, 0.4) is 0 Å². The molecule has 1 heterocycles. The van der Waals surface area contributed by atoms with Crippen molar-refractivity contribution in [1.82, 2.24) is 10.6 Å². The standard InChI is InChI=1S/C19H18F4N2O2.ClH/c20-15-5-4-11(9-16(15)21)14-6-7-24-10-17(14)25-18(26)12-2-1-3-13(8-12)27-19(22)23;/h1-5,8-9,14,17,19,24H,6-7,10H2,(H,25,26);1H. The molecule has 0 spiro atoms. The van der Waals surface area contributed by atoms with Crippen molar-refractivity contribution in [2.45, 2.75) is 25.0 Å². The van der Waals surface area contributed by atoms with Crippen molar-refractivity contribution in [2.24, 2.45) is 0 Å². The minimum absolute atomic E-state index is 0. The van der Waals surface area contributed by atoms with Crippen LogP contribution in [0.15, 0.2) is 42.5 Å². The molecule has 1 fully saturated rings. The number of alkyl halides is 2. The number of rotatable bonds is 5. The normalized spacial score (nSPS) is 19.0. The van der Waals surface area contributed by atoms with Gasteiger partial charge in [0.1, 0.15) is 5.75 Å². The third kappa shape index (κ3) is 5.36. The molecule has 2 unspecified atom stereocenters. The molecule has 0 aromatic heterocycles. The van der Waals surface area contributed by atoms with Gasteiger partial charge in [0.2, 0.25) is 0 Å². The van der Waals surface area contributed by atoms with Gasteiger partial charge in [0, 0.05) is 24.1 Å². The van der Waals surface area contributed by atoms with E-state index in [1.54, 1.807) is 0 Å². The topological polar surface area (TPSA) is 50.4 Å². The fourth-order valence-corrected chi connectivity index (χ4v) is 3.22. The van der Waals surface area contributed by atoms with Gasteiger partial charge in [-0.1, -0.05) is 12.1 Å². The minimum atomic E-state index is -2.98. The molecule has 1 aliphatic heterocycles. The van der Waals surface area contributed by atoms with Gasteiger partial charge in [-0.2, -0.15) is 8.78 Å². The molecule has 2 aromatic rings. The number of hydrogen-bond acceptors (Lipinski definition) is 3. The highest BCUT2D eigenvalue weighted by Gasteiger charge is 2.28. The van der Waals surface area contributed by atoms with E-state index in [1.807, 2.05) is 0 Å². The average molecular weight is 419 g/mol. The summed E-state index contributed by atoms with van der Waals surface area (Å²) in [6, 6.07) is 8.83. The molecule has 28 heavy (non-hydrogen) atoms. The van der Waals surface area contributed by atoms with Gasteiger partial charge in [-0.25, -0.2) is 8.78 Å². The maximum absolute atomic E-state index is 13.6. The van der Waals surface area contributed by atoms with Crippen molar-refractivity contribution in [1.29, 1.82) is 0 Å². The number of hydrogen-bond donors (Lipinski definition) is 2. The number of ether oxygens (including phenoxy) is 1. The van der Waals surface area contributed by atoms with Gasteiger partial charge in [0.15, 0.2) is 11.6 Å². The lowest BCUT2D eigenvalue weighted by molar-refractivity contribution is -0.0498. The molecule has 1 saturated heterocycles. The highest BCUT2D eigenvalue weighted by Crippen LogP contribution is 2.27. The zero-order valence-corrected chi connectivity index (χ0v) is 15.4. The van der Waals surface area contributed by atoms with Crippen LogP contribution in [-0.2, 0) is 0 Å². The monoisotopic (exact) mass is 418 g/mol. The molecule has 152 valence electrons. The van der Waals surface area contributed by atoms with E-state index in [9.17, 15) is 22.4 Å². The Morgan fingerprint density at radius 1 is 1.14 bits per heavy atom. The van der Waals surface area contributed by atoms with Crippen LogP contribution in [0.1, 0.15) is 28.3 Å². The van der Waals surface area contributed by atoms with Gasteiger partial charge < -0.3 is 15.4 Å². The summed E-state index contributed by atoms with van der Waals surface area (Å²) < 4.78 is 55.8. The Bertz CT molecular complexity index is 822. The van der Waals surface area contributed by atoms with Gasteiger partial charge in [-0.05, 0) is 48.9 Å². The Balaban J connectivity index is 0.00000280. The van der Waals surface area contributed by atoms with Crippen molar-refractivity contribution >= 4 is 18.3 Å². The van der Waals surface area contributed by atoms with E-state index in [4.69, 9.17) is 0 Å². The van der Waals surface area contributed by atoms with Gasteiger partial charge in [0.25, 0.3) is 5.91 Å². The Morgan fingerprint density at radius 3 is 2.64 bits per heavy atom. The number of amides is 1. The zero-order chi connectivity index (χ0) is 19.4. The summed E-state index contributed by atoms with van der Waals surface area (Å²) in [5.41, 5.74) is 0.762. The van der Waals surface area contributed by atoms with E-state index in [2.05, 4.69) is 15.4 Å². The maximum Gasteiger partial charge on any atom is 0.387 e. The summed E-state index contributed by atoms with van der Waals surface area (Å²) in [6.07, 6.45) is 0.630. The fourth-order valence-electron chi connectivity index (χ4n) is 3.22. The Labute approximate surface area is 165 Å². The van der Waals surface area contributed by atoms with Crippen LogP contribution < -0.4 is 15.4 Å². The summed E-state index contributed by atoms with van der Waals surface area (Å²) in [5.74, 6) is -2.64. The van der Waals surface area contributed by atoms with Crippen molar-refractivity contribution in [3.63, 3.8) is 0 Å². The van der Waals surface area contributed by atoms with Crippen molar-refractivity contribution in [2.75, 3.05) is 13.1 Å². The first-order valence-corrected chi connectivity index (χ1v) is 8.45. The molecule has 2 aromatic carbocycles. The molecule has 1 aliphatic rings. The molecule has 0 bridgehead atoms. The number of nitrogens with one attached hydrogen (secondary N) is 2. The lowest BCUT2D eigenvalue weighted by atomic mass is 9.85. The quantitative estimate of drug-likeness (QED) is 0.725. The molecule has 0 aliphatic carbocycles. The van der Waals surface area contributed by atoms with E-state index in [1.165, 1.54) is 30.3 Å². The van der Waals surface area contributed by atoms with Crippen LogP contribution in [0.2, 0.25) is 0 Å². The molecule has 0 saturated carbocycles. The summed E-state index contributed by atoms with van der Waals surface area (Å²) >= 11 is 0. The Morgan fingerprint density at radius 2 is 1.93 bits per heavy atom. The highest BCUT2D eigenvalue weighted by atomic mass is 35.5. The van der Waals surface area contributed by atoms with Crippen molar-refractivity contribution < 1.29 is 27.1 Å². The number of piperidine rings is 1. The Kier molecular flexibility index (Phi) is 7.65. The second-order valence-corrected chi connectivity index (χ2v) is 6.26. The largest absolute Gasteiger partial charge is 0.435 e. The van der Waals surface area contributed by atoms with Crippen molar-refractivity contribution in [3.8, 4) is 5.75 Å². The second-order valence-electron chi connectivity index (χ2n) is 6.26. The predicted octanol–water partition coefficient (Wildman–Crippen LogP) is 3.86. The molecule has 3 rings (SSSR count). The zero-order valence-electron chi connectivity index (χ0n) is 14.6. The lowest BCUT2D eigenvalue weighted by Crippen LogP contribution is -2.50. The molecular weight excluding hydrogens is 400 g/mol. The molecule has 2 N–H and O–H groups in total. The van der Waals surface area contributed by atoms with Crippen LogP contribution >= 0.6 is 12.4 Å². The molecule has 9 heteroatoms. The first-order valence-electron chi connectivity index (χ1n) is 8.45. The van der Waals surface area contributed by atoms with E-state index in [0.717, 1.165) is 12.1 Å². The van der Waals surface area contributed by atoms with Crippen LogP contribution in [-0.4, -0.2) is 31.7 Å².